The summed E-state index contributed by atoms with van der Waals surface area (Å²) in [5.41, 5.74) is 1.88. The lowest BCUT2D eigenvalue weighted by Gasteiger charge is -2.05. The van der Waals surface area contributed by atoms with Gasteiger partial charge in [-0.2, -0.15) is 0 Å². The zero-order valence-electron chi connectivity index (χ0n) is 7.99. The zero-order chi connectivity index (χ0) is 10.1. The van der Waals surface area contributed by atoms with Crippen LogP contribution in [0.4, 0.5) is 11.4 Å². The lowest BCUT2D eigenvalue weighted by molar-refractivity contribution is -0.385. The minimum atomic E-state index is -0.351. The Labute approximate surface area is 82.1 Å². The Morgan fingerprint density at radius 2 is 2.21 bits per heavy atom. The van der Waals surface area contributed by atoms with Crippen LogP contribution in [0, 0.1) is 17.0 Å². The molecule has 0 aliphatic heterocycles. The van der Waals surface area contributed by atoms with Crippen molar-refractivity contribution < 1.29 is 4.92 Å². The lowest BCUT2D eigenvalue weighted by atomic mass is 10.2. The number of anilines is 1. The van der Waals surface area contributed by atoms with E-state index in [1.54, 1.807) is 19.1 Å². The summed E-state index contributed by atoms with van der Waals surface area (Å²) in [7, 11) is 0. The summed E-state index contributed by atoms with van der Waals surface area (Å²) in [6.45, 7) is 1.76. The van der Waals surface area contributed by atoms with E-state index in [1.165, 1.54) is 12.8 Å². The predicted octanol–water partition coefficient (Wildman–Crippen LogP) is 2.48. The van der Waals surface area contributed by atoms with Crippen LogP contribution in [-0.4, -0.2) is 11.0 Å². The summed E-state index contributed by atoms with van der Waals surface area (Å²) in [5.74, 6) is 0. The summed E-state index contributed by atoms with van der Waals surface area (Å²) in [6, 6.07) is 5.73. The third-order valence-corrected chi connectivity index (χ3v) is 2.34. The van der Waals surface area contributed by atoms with Crippen molar-refractivity contribution in [3.8, 4) is 0 Å². The second-order valence-electron chi connectivity index (χ2n) is 3.68. The SMILES string of the molecule is Cc1cc(NC2CC2)ccc1[N+](=O)[O-]. The quantitative estimate of drug-likeness (QED) is 0.591. The number of nitrogens with zero attached hydrogens (tertiary/aromatic N) is 1. The molecule has 1 fully saturated rings. The minimum Gasteiger partial charge on any atom is -0.382 e. The van der Waals surface area contributed by atoms with Gasteiger partial charge in [-0.25, -0.2) is 0 Å². The van der Waals surface area contributed by atoms with Gasteiger partial charge in [-0.05, 0) is 31.9 Å². The van der Waals surface area contributed by atoms with Gasteiger partial charge >= 0.3 is 0 Å². The first-order valence-corrected chi connectivity index (χ1v) is 4.68. The van der Waals surface area contributed by atoms with E-state index in [0.29, 0.717) is 11.6 Å². The molecule has 0 aromatic heterocycles. The second kappa shape index (κ2) is 3.29. The summed E-state index contributed by atoms with van der Waals surface area (Å²) >= 11 is 0. The number of aryl methyl sites for hydroxylation is 1. The van der Waals surface area contributed by atoms with Gasteiger partial charge < -0.3 is 5.32 Å². The van der Waals surface area contributed by atoms with Crippen LogP contribution < -0.4 is 5.32 Å². The molecule has 0 radical (unpaired) electrons. The van der Waals surface area contributed by atoms with Crippen LogP contribution in [0.1, 0.15) is 18.4 Å². The van der Waals surface area contributed by atoms with Gasteiger partial charge in [-0.1, -0.05) is 0 Å². The van der Waals surface area contributed by atoms with E-state index in [4.69, 9.17) is 0 Å². The third kappa shape index (κ3) is 1.84. The van der Waals surface area contributed by atoms with Gasteiger partial charge in [-0.15, -0.1) is 0 Å². The summed E-state index contributed by atoms with van der Waals surface area (Å²) < 4.78 is 0. The third-order valence-electron chi connectivity index (χ3n) is 2.34. The van der Waals surface area contributed by atoms with Crippen LogP contribution in [0.5, 0.6) is 0 Å². The van der Waals surface area contributed by atoms with Crippen molar-refractivity contribution in [2.24, 2.45) is 0 Å². The Balaban J connectivity index is 2.20. The van der Waals surface area contributed by atoms with Crippen molar-refractivity contribution in [1.82, 2.24) is 0 Å². The molecule has 1 aromatic carbocycles. The van der Waals surface area contributed by atoms with E-state index in [-0.39, 0.29) is 10.6 Å². The molecule has 1 aliphatic carbocycles. The number of nitro benzene ring substituents is 1. The maximum atomic E-state index is 10.6. The van der Waals surface area contributed by atoms with E-state index in [1.807, 2.05) is 6.07 Å². The molecule has 4 nitrogen and oxygen atoms in total. The van der Waals surface area contributed by atoms with Gasteiger partial charge in [0, 0.05) is 23.4 Å². The van der Waals surface area contributed by atoms with Crippen molar-refractivity contribution in [2.45, 2.75) is 25.8 Å². The second-order valence-corrected chi connectivity index (χ2v) is 3.68. The number of rotatable bonds is 3. The molecule has 0 spiro atoms. The van der Waals surface area contributed by atoms with E-state index < -0.39 is 0 Å². The fourth-order valence-corrected chi connectivity index (χ4v) is 1.41. The van der Waals surface area contributed by atoms with Crippen LogP contribution in [0.2, 0.25) is 0 Å². The number of nitro groups is 1. The van der Waals surface area contributed by atoms with E-state index in [9.17, 15) is 10.1 Å². The number of nitrogens with one attached hydrogen (secondary N) is 1. The summed E-state index contributed by atoms with van der Waals surface area (Å²) in [4.78, 5) is 10.2. The molecule has 2 rings (SSSR count). The first kappa shape index (κ1) is 8.99. The Bertz CT molecular complexity index is 372. The van der Waals surface area contributed by atoms with Gasteiger partial charge in [-0.3, -0.25) is 10.1 Å². The average Bonchev–Trinajstić information content (AvgIpc) is 2.87. The number of hydrogen-bond donors (Lipinski definition) is 1. The van der Waals surface area contributed by atoms with E-state index in [2.05, 4.69) is 5.32 Å². The van der Waals surface area contributed by atoms with Gasteiger partial charge in [0.2, 0.25) is 0 Å². The molecule has 14 heavy (non-hydrogen) atoms. The molecule has 0 bridgehead atoms. The van der Waals surface area contributed by atoms with Crippen LogP contribution >= 0.6 is 0 Å². The first-order chi connectivity index (χ1) is 6.66. The number of hydrogen-bond acceptors (Lipinski definition) is 3. The van der Waals surface area contributed by atoms with E-state index >= 15 is 0 Å². The van der Waals surface area contributed by atoms with Gasteiger partial charge in [0.05, 0.1) is 4.92 Å². The van der Waals surface area contributed by atoms with Crippen LogP contribution in [0.3, 0.4) is 0 Å². The highest BCUT2D eigenvalue weighted by Gasteiger charge is 2.21. The lowest BCUT2D eigenvalue weighted by Crippen LogP contribution is -2.01. The maximum absolute atomic E-state index is 10.6. The highest BCUT2D eigenvalue weighted by molar-refractivity contribution is 5.54. The fourth-order valence-electron chi connectivity index (χ4n) is 1.41. The molecule has 0 unspecified atom stereocenters. The smallest absolute Gasteiger partial charge is 0.272 e. The van der Waals surface area contributed by atoms with Crippen LogP contribution in [-0.2, 0) is 0 Å². The van der Waals surface area contributed by atoms with Crippen LogP contribution in [0.15, 0.2) is 18.2 Å². The molecule has 1 saturated carbocycles. The molecule has 0 atom stereocenters. The molecule has 0 saturated heterocycles. The van der Waals surface area contributed by atoms with Crippen molar-refractivity contribution in [2.75, 3.05) is 5.32 Å². The molecule has 1 N–H and O–H groups in total. The highest BCUT2D eigenvalue weighted by atomic mass is 16.6. The zero-order valence-corrected chi connectivity index (χ0v) is 7.99. The average molecular weight is 192 g/mol. The Morgan fingerprint density at radius 3 is 2.71 bits per heavy atom. The van der Waals surface area contributed by atoms with Crippen molar-refractivity contribution in [3.63, 3.8) is 0 Å². The minimum absolute atomic E-state index is 0.186. The van der Waals surface area contributed by atoms with Crippen LogP contribution in [0.25, 0.3) is 0 Å². The largest absolute Gasteiger partial charge is 0.382 e. The standard InChI is InChI=1S/C10H12N2O2/c1-7-6-9(11-8-2-3-8)4-5-10(7)12(13)14/h4-6,8,11H,2-3H2,1H3. The molecule has 0 heterocycles. The molecule has 1 aromatic rings. The van der Waals surface area contributed by atoms with Crippen molar-refractivity contribution >= 4 is 11.4 Å². The fraction of sp³-hybridized carbons (Fsp3) is 0.400. The van der Waals surface area contributed by atoms with Crippen molar-refractivity contribution in [3.05, 3.63) is 33.9 Å². The van der Waals surface area contributed by atoms with Gasteiger partial charge in [0.25, 0.3) is 5.69 Å². The van der Waals surface area contributed by atoms with E-state index in [0.717, 1.165) is 5.69 Å². The monoisotopic (exact) mass is 192 g/mol. The maximum Gasteiger partial charge on any atom is 0.272 e. The normalized spacial score (nSPS) is 15.2. The molecule has 1 aliphatic rings. The molecular formula is C10H12N2O2. The molecule has 74 valence electrons. The van der Waals surface area contributed by atoms with Gasteiger partial charge in [0.1, 0.15) is 0 Å². The first-order valence-electron chi connectivity index (χ1n) is 4.68. The van der Waals surface area contributed by atoms with Gasteiger partial charge in [0.15, 0.2) is 0 Å². The highest BCUT2D eigenvalue weighted by Crippen LogP contribution is 2.27. The van der Waals surface area contributed by atoms with Crippen molar-refractivity contribution in [1.29, 1.82) is 0 Å². The molecular weight excluding hydrogens is 180 g/mol. The summed E-state index contributed by atoms with van der Waals surface area (Å²) in [5, 5.41) is 13.9. The number of benzene rings is 1. The Hall–Kier alpha value is -1.58. The predicted molar refractivity (Wildman–Crippen MR) is 54.5 cm³/mol. The summed E-state index contributed by atoms with van der Waals surface area (Å²) in [6.07, 6.45) is 2.41. The topological polar surface area (TPSA) is 55.2 Å². The molecule has 4 heteroatoms. The molecule has 0 amide bonds. The Morgan fingerprint density at radius 1 is 1.50 bits per heavy atom. The Kier molecular flexibility index (Phi) is 2.11.